The minimum atomic E-state index is 0.0584. The van der Waals surface area contributed by atoms with E-state index in [4.69, 9.17) is 9.73 Å². The lowest BCUT2D eigenvalue weighted by Crippen LogP contribution is -2.40. The topological polar surface area (TPSA) is 41.9 Å². The Morgan fingerprint density at radius 2 is 1.81 bits per heavy atom. The highest BCUT2D eigenvalue weighted by atomic mass is 32.2. The van der Waals surface area contributed by atoms with Gasteiger partial charge < -0.3 is 9.64 Å². The number of rotatable bonds is 1. The van der Waals surface area contributed by atoms with Crippen molar-refractivity contribution in [2.24, 2.45) is 4.99 Å². The summed E-state index contributed by atoms with van der Waals surface area (Å²) in [5, 5.41) is 0. The number of aryl methyl sites for hydroxylation is 2. The molecule has 2 heterocycles. The molecule has 2 aliphatic rings. The maximum Gasteiger partial charge on any atom is 0.254 e. The van der Waals surface area contributed by atoms with E-state index in [0.717, 1.165) is 16.3 Å². The van der Waals surface area contributed by atoms with Gasteiger partial charge in [0.05, 0.1) is 18.9 Å². The van der Waals surface area contributed by atoms with Crippen molar-refractivity contribution < 1.29 is 9.53 Å². The van der Waals surface area contributed by atoms with Crippen LogP contribution in [0.4, 0.5) is 5.69 Å². The number of hydrogen-bond acceptors (Lipinski definition) is 4. The molecule has 0 bridgehead atoms. The molecule has 4 nitrogen and oxygen atoms in total. The Hall–Kier alpha value is -2.11. The number of carbonyl (C=O) groups excluding carboxylic acids is 1. The average Bonchev–Trinajstić information content (AvgIpc) is 2.80. The second-order valence-corrected chi connectivity index (χ2v) is 7.84. The molecule has 1 amide bonds. The van der Waals surface area contributed by atoms with Crippen LogP contribution in [0.1, 0.15) is 34.0 Å². The maximum atomic E-state index is 12.8. The zero-order chi connectivity index (χ0) is 18.3. The van der Waals surface area contributed by atoms with Crippen molar-refractivity contribution in [3.8, 4) is 0 Å². The van der Waals surface area contributed by atoms with Gasteiger partial charge in [-0.1, -0.05) is 23.9 Å². The molecule has 1 saturated heterocycles. The molecule has 5 heteroatoms. The molecule has 2 aromatic carbocycles. The SMILES string of the molecule is CC1=Nc2cc(C(=O)N3CCOCC3)ccc2Sc2c(C)ccc(C)c21. The summed E-state index contributed by atoms with van der Waals surface area (Å²) in [6.07, 6.45) is 0. The highest BCUT2D eigenvalue weighted by Crippen LogP contribution is 2.43. The van der Waals surface area contributed by atoms with Crippen LogP contribution in [0.2, 0.25) is 0 Å². The van der Waals surface area contributed by atoms with E-state index in [1.807, 2.05) is 23.1 Å². The Kier molecular flexibility index (Phi) is 4.59. The molecule has 4 rings (SSSR count). The third-order valence-electron chi connectivity index (χ3n) is 4.93. The minimum Gasteiger partial charge on any atom is -0.378 e. The predicted molar refractivity (Wildman–Crippen MR) is 105 cm³/mol. The third kappa shape index (κ3) is 3.06. The molecule has 0 spiro atoms. The number of hydrogen-bond donors (Lipinski definition) is 0. The van der Waals surface area contributed by atoms with Gasteiger partial charge in [-0.15, -0.1) is 0 Å². The van der Waals surface area contributed by atoms with Crippen molar-refractivity contribution in [1.29, 1.82) is 0 Å². The summed E-state index contributed by atoms with van der Waals surface area (Å²) in [5.41, 5.74) is 6.28. The smallest absolute Gasteiger partial charge is 0.254 e. The Bertz CT molecular complexity index is 914. The van der Waals surface area contributed by atoms with Crippen LogP contribution in [-0.2, 0) is 4.74 Å². The van der Waals surface area contributed by atoms with Gasteiger partial charge in [-0.05, 0) is 50.1 Å². The first-order valence-electron chi connectivity index (χ1n) is 8.89. The zero-order valence-corrected chi connectivity index (χ0v) is 16.2. The van der Waals surface area contributed by atoms with Crippen LogP contribution >= 0.6 is 11.8 Å². The van der Waals surface area contributed by atoms with Gasteiger partial charge in [-0.3, -0.25) is 9.79 Å². The second kappa shape index (κ2) is 6.89. The van der Waals surface area contributed by atoms with Gasteiger partial charge in [-0.2, -0.15) is 0 Å². The van der Waals surface area contributed by atoms with Gasteiger partial charge in [0, 0.05) is 39.7 Å². The second-order valence-electron chi connectivity index (χ2n) is 6.79. The highest BCUT2D eigenvalue weighted by Gasteiger charge is 2.22. The average molecular weight is 366 g/mol. The van der Waals surface area contributed by atoms with Crippen LogP contribution < -0.4 is 0 Å². The standard InChI is InChI=1S/C21H22N2O2S/c1-13-4-5-14(2)20-19(13)15(3)22-17-12-16(6-7-18(17)26-20)21(24)23-8-10-25-11-9-23/h4-7,12H,8-11H2,1-3H3. The van der Waals surface area contributed by atoms with Crippen molar-refractivity contribution in [1.82, 2.24) is 4.90 Å². The zero-order valence-electron chi connectivity index (χ0n) is 15.3. The molecule has 0 radical (unpaired) electrons. The number of nitrogens with zero attached hydrogens (tertiary/aromatic N) is 2. The Morgan fingerprint density at radius 1 is 1.08 bits per heavy atom. The Balaban J connectivity index is 1.74. The normalized spacial score (nSPS) is 16.4. The van der Waals surface area contributed by atoms with E-state index in [0.29, 0.717) is 31.9 Å². The molecule has 1 fully saturated rings. The van der Waals surface area contributed by atoms with Crippen LogP contribution in [0.25, 0.3) is 0 Å². The summed E-state index contributed by atoms with van der Waals surface area (Å²) in [7, 11) is 0. The van der Waals surface area contributed by atoms with Gasteiger partial charge in [0.1, 0.15) is 0 Å². The number of benzene rings is 2. The van der Waals surface area contributed by atoms with Gasteiger partial charge in [0.25, 0.3) is 5.91 Å². The number of carbonyl (C=O) groups is 1. The number of morpholine rings is 1. The number of ether oxygens (including phenoxy) is 1. The fraction of sp³-hybridized carbons (Fsp3) is 0.333. The lowest BCUT2D eigenvalue weighted by Gasteiger charge is -2.27. The lowest BCUT2D eigenvalue weighted by molar-refractivity contribution is 0.0303. The van der Waals surface area contributed by atoms with E-state index in [-0.39, 0.29) is 5.91 Å². The number of amides is 1. The molecule has 0 unspecified atom stereocenters. The van der Waals surface area contributed by atoms with Crippen LogP contribution in [0.15, 0.2) is 45.1 Å². The summed E-state index contributed by atoms with van der Waals surface area (Å²) in [6, 6.07) is 10.2. The van der Waals surface area contributed by atoms with Crippen molar-refractivity contribution >= 4 is 29.1 Å². The van der Waals surface area contributed by atoms with E-state index in [2.05, 4.69) is 32.9 Å². The van der Waals surface area contributed by atoms with E-state index in [9.17, 15) is 4.79 Å². The van der Waals surface area contributed by atoms with Gasteiger partial charge >= 0.3 is 0 Å². The fourth-order valence-electron chi connectivity index (χ4n) is 3.49. The summed E-state index contributed by atoms with van der Waals surface area (Å²) in [4.78, 5) is 21.9. The molecule has 0 aromatic heterocycles. The third-order valence-corrected chi connectivity index (χ3v) is 6.22. The van der Waals surface area contributed by atoms with Crippen LogP contribution in [-0.4, -0.2) is 42.8 Å². The summed E-state index contributed by atoms with van der Waals surface area (Å²) in [6.45, 7) is 8.83. The van der Waals surface area contributed by atoms with E-state index >= 15 is 0 Å². The Morgan fingerprint density at radius 3 is 2.58 bits per heavy atom. The maximum absolute atomic E-state index is 12.8. The summed E-state index contributed by atoms with van der Waals surface area (Å²) in [5.74, 6) is 0.0584. The predicted octanol–water partition coefficient (Wildman–Crippen LogP) is 4.38. The van der Waals surface area contributed by atoms with E-state index in [1.54, 1.807) is 11.8 Å². The van der Waals surface area contributed by atoms with Crippen LogP contribution in [0.5, 0.6) is 0 Å². The largest absolute Gasteiger partial charge is 0.378 e. The summed E-state index contributed by atoms with van der Waals surface area (Å²) < 4.78 is 5.35. The van der Waals surface area contributed by atoms with Crippen molar-refractivity contribution in [3.05, 3.63) is 52.6 Å². The molecule has 26 heavy (non-hydrogen) atoms. The lowest BCUT2D eigenvalue weighted by atomic mass is 10.0. The molecule has 0 aliphatic carbocycles. The fourth-order valence-corrected chi connectivity index (χ4v) is 4.69. The van der Waals surface area contributed by atoms with Gasteiger partial charge in [-0.25, -0.2) is 0 Å². The first kappa shape index (κ1) is 17.3. The molecular formula is C21H22N2O2S. The number of fused-ring (bicyclic) bond motifs is 2. The molecular weight excluding hydrogens is 344 g/mol. The molecule has 0 N–H and O–H groups in total. The molecule has 0 saturated carbocycles. The van der Waals surface area contributed by atoms with Crippen molar-refractivity contribution in [2.45, 2.75) is 30.6 Å². The van der Waals surface area contributed by atoms with Gasteiger partial charge in [0.15, 0.2) is 0 Å². The van der Waals surface area contributed by atoms with Crippen molar-refractivity contribution in [3.63, 3.8) is 0 Å². The Labute approximate surface area is 158 Å². The van der Waals surface area contributed by atoms with E-state index in [1.165, 1.54) is 21.6 Å². The number of aliphatic imine (C=N–C) groups is 1. The molecule has 0 atom stereocenters. The quantitative estimate of drug-likeness (QED) is 0.752. The van der Waals surface area contributed by atoms with Crippen LogP contribution in [0.3, 0.4) is 0 Å². The van der Waals surface area contributed by atoms with Crippen molar-refractivity contribution in [2.75, 3.05) is 26.3 Å². The van der Waals surface area contributed by atoms with E-state index < -0.39 is 0 Å². The molecule has 134 valence electrons. The highest BCUT2D eigenvalue weighted by molar-refractivity contribution is 7.99. The first-order valence-corrected chi connectivity index (χ1v) is 9.71. The molecule has 2 aromatic rings. The molecule has 2 aliphatic heterocycles. The van der Waals surface area contributed by atoms with Crippen LogP contribution in [0, 0.1) is 13.8 Å². The minimum absolute atomic E-state index is 0.0584. The first-order chi connectivity index (χ1) is 12.5. The van der Waals surface area contributed by atoms with Gasteiger partial charge in [0.2, 0.25) is 0 Å². The summed E-state index contributed by atoms with van der Waals surface area (Å²) >= 11 is 1.74. The monoisotopic (exact) mass is 366 g/mol.